The molecule has 0 heterocycles. The Bertz CT molecular complexity index is 805. The van der Waals surface area contributed by atoms with Gasteiger partial charge in [-0.25, -0.2) is 0 Å². The average molecular weight is 289 g/mol. The molecule has 4 nitrogen and oxygen atoms in total. The van der Waals surface area contributed by atoms with Crippen LogP contribution in [-0.2, 0) is 4.74 Å². The van der Waals surface area contributed by atoms with Gasteiger partial charge in [-0.2, -0.15) is 0 Å². The molecule has 1 N–H and O–H groups in total. The number of phenolic OH excluding ortho intramolecular Hbond substituents is 1. The number of hydrogen-bond donors (Lipinski definition) is 1. The van der Waals surface area contributed by atoms with Gasteiger partial charge in [0.05, 0.1) is 23.3 Å². The third-order valence-electron chi connectivity index (χ3n) is 3.30. The summed E-state index contributed by atoms with van der Waals surface area (Å²) in [7, 11) is 1.29. The summed E-state index contributed by atoms with van der Waals surface area (Å²) in [5.41, 5.74) is -0.0771. The van der Waals surface area contributed by atoms with Crippen molar-refractivity contribution in [3.05, 3.63) is 52.3 Å². The van der Waals surface area contributed by atoms with E-state index in [1.54, 1.807) is 24.3 Å². The Kier molecular flexibility index (Phi) is 2.76. The molecule has 0 unspecified atom stereocenters. The van der Waals surface area contributed by atoms with Gasteiger partial charge in [-0.1, -0.05) is 35.9 Å². The SMILES string of the molecule is COC1=CC(=O)c2c(c(O)c3ccccc3c2Cl)C1=O. The summed E-state index contributed by atoms with van der Waals surface area (Å²) in [6, 6.07) is 6.78. The summed E-state index contributed by atoms with van der Waals surface area (Å²) < 4.78 is 4.87. The molecule has 2 aromatic carbocycles. The standard InChI is InChI=1S/C15H9ClO4/c1-20-10-6-9(17)11-12(15(10)19)14(18)8-5-3-2-4-7(8)13(11)16/h2-6,18H,1H3. The van der Waals surface area contributed by atoms with E-state index in [1.807, 2.05) is 0 Å². The van der Waals surface area contributed by atoms with Crippen molar-refractivity contribution in [3.8, 4) is 5.75 Å². The Morgan fingerprint density at radius 3 is 2.40 bits per heavy atom. The molecule has 0 saturated carbocycles. The number of ketones is 2. The first-order valence-electron chi connectivity index (χ1n) is 5.84. The van der Waals surface area contributed by atoms with Crippen molar-refractivity contribution >= 4 is 33.9 Å². The molecule has 20 heavy (non-hydrogen) atoms. The molecular formula is C15H9ClO4. The van der Waals surface area contributed by atoms with Crippen molar-refractivity contribution in [2.45, 2.75) is 0 Å². The normalized spacial score (nSPS) is 14.2. The van der Waals surface area contributed by atoms with Crippen LogP contribution in [0.1, 0.15) is 20.7 Å². The first-order valence-corrected chi connectivity index (χ1v) is 6.22. The molecule has 0 aromatic heterocycles. The summed E-state index contributed by atoms with van der Waals surface area (Å²) in [5.74, 6) is -1.36. The lowest BCUT2D eigenvalue weighted by Crippen LogP contribution is -2.19. The maximum Gasteiger partial charge on any atom is 0.232 e. The number of rotatable bonds is 1. The lowest BCUT2D eigenvalue weighted by Gasteiger charge is -2.18. The number of allylic oxidation sites excluding steroid dienone is 2. The van der Waals surface area contributed by atoms with Gasteiger partial charge in [-0.3, -0.25) is 9.59 Å². The predicted octanol–water partition coefficient (Wildman–Crippen LogP) is 3.11. The van der Waals surface area contributed by atoms with Gasteiger partial charge in [0.1, 0.15) is 5.75 Å². The summed E-state index contributed by atoms with van der Waals surface area (Å²) >= 11 is 6.23. The van der Waals surface area contributed by atoms with Crippen LogP contribution >= 0.6 is 11.6 Å². The van der Waals surface area contributed by atoms with Gasteiger partial charge < -0.3 is 9.84 Å². The van der Waals surface area contributed by atoms with E-state index < -0.39 is 11.6 Å². The quantitative estimate of drug-likeness (QED) is 0.876. The minimum absolute atomic E-state index is 0.0219. The van der Waals surface area contributed by atoms with Crippen molar-refractivity contribution in [2.75, 3.05) is 7.11 Å². The van der Waals surface area contributed by atoms with Gasteiger partial charge in [0.25, 0.3) is 0 Å². The molecule has 2 aromatic rings. The lowest BCUT2D eigenvalue weighted by molar-refractivity contribution is 0.0914. The summed E-state index contributed by atoms with van der Waals surface area (Å²) in [4.78, 5) is 24.4. The van der Waals surface area contributed by atoms with E-state index in [2.05, 4.69) is 0 Å². The van der Waals surface area contributed by atoms with Gasteiger partial charge in [0.2, 0.25) is 5.78 Å². The monoisotopic (exact) mass is 288 g/mol. The fourth-order valence-corrected chi connectivity index (χ4v) is 2.71. The predicted molar refractivity (Wildman–Crippen MR) is 74.4 cm³/mol. The Morgan fingerprint density at radius 2 is 1.75 bits per heavy atom. The second-order valence-corrected chi connectivity index (χ2v) is 4.74. The van der Waals surface area contributed by atoms with E-state index >= 15 is 0 Å². The summed E-state index contributed by atoms with van der Waals surface area (Å²) in [6.45, 7) is 0. The first-order chi connectivity index (χ1) is 9.56. The van der Waals surface area contributed by atoms with Crippen LogP contribution in [0, 0.1) is 0 Å². The topological polar surface area (TPSA) is 63.6 Å². The van der Waals surface area contributed by atoms with Crippen molar-refractivity contribution in [1.82, 2.24) is 0 Å². The Morgan fingerprint density at radius 1 is 1.10 bits per heavy atom. The number of fused-ring (bicyclic) bond motifs is 2. The van der Waals surface area contributed by atoms with Crippen LogP contribution in [0.3, 0.4) is 0 Å². The number of phenols is 1. The van der Waals surface area contributed by atoms with Gasteiger partial charge in [-0.05, 0) is 0 Å². The number of carbonyl (C=O) groups is 2. The van der Waals surface area contributed by atoms with Crippen LogP contribution in [-0.4, -0.2) is 23.8 Å². The number of hydrogen-bond acceptors (Lipinski definition) is 4. The van der Waals surface area contributed by atoms with Crippen LogP contribution in [0.25, 0.3) is 10.8 Å². The highest BCUT2D eigenvalue weighted by molar-refractivity contribution is 6.42. The van der Waals surface area contributed by atoms with Gasteiger partial charge >= 0.3 is 0 Å². The number of Topliss-reactive ketones (excluding diaryl/α,β-unsaturated/α-hetero) is 1. The third kappa shape index (κ3) is 1.55. The molecule has 0 amide bonds. The van der Waals surface area contributed by atoms with Crippen LogP contribution in [0.5, 0.6) is 5.75 Å². The molecule has 0 spiro atoms. The van der Waals surface area contributed by atoms with E-state index in [4.69, 9.17) is 16.3 Å². The van der Waals surface area contributed by atoms with Gasteiger partial charge in [-0.15, -0.1) is 0 Å². The summed E-state index contributed by atoms with van der Waals surface area (Å²) in [5, 5.41) is 11.4. The van der Waals surface area contributed by atoms with Gasteiger partial charge in [0, 0.05) is 16.8 Å². The Hall–Kier alpha value is -2.33. The fourth-order valence-electron chi connectivity index (χ4n) is 2.36. The number of ether oxygens (including phenoxy) is 1. The smallest absolute Gasteiger partial charge is 0.232 e. The molecule has 5 heteroatoms. The third-order valence-corrected chi connectivity index (χ3v) is 3.70. The van der Waals surface area contributed by atoms with Crippen molar-refractivity contribution in [2.24, 2.45) is 0 Å². The molecule has 0 aliphatic heterocycles. The van der Waals surface area contributed by atoms with E-state index in [9.17, 15) is 14.7 Å². The molecular weight excluding hydrogens is 280 g/mol. The molecule has 0 atom stereocenters. The maximum absolute atomic E-state index is 12.2. The summed E-state index contributed by atoms with van der Waals surface area (Å²) in [6.07, 6.45) is 1.09. The van der Waals surface area contributed by atoms with Crippen LogP contribution in [0.2, 0.25) is 5.02 Å². The maximum atomic E-state index is 12.2. The highest BCUT2D eigenvalue weighted by Gasteiger charge is 2.33. The number of benzene rings is 2. The minimum atomic E-state index is -0.549. The van der Waals surface area contributed by atoms with Crippen molar-refractivity contribution < 1.29 is 19.4 Å². The van der Waals surface area contributed by atoms with Crippen LogP contribution in [0.15, 0.2) is 36.1 Å². The highest BCUT2D eigenvalue weighted by Crippen LogP contribution is 2.41. The van der Waals surface area contributed by atoms with E-state index in [0.29, 0.717) is 10.8 Å². The van der Waals surface area contributed by atoms with E-state index in [0.717, 1.165) is 6.08 Å². The Labute approximate surface area is 119 Å². The largest absolute Gasteiger partial charge is 0.506 e. The van der Waals surface area contributed by atoms with E-state index in [-0.39, 0.29) is 27.7 Å². The second kappa shape index (κ2) is 4.35. The molecule has 0 fully saturated rings. The zero-order valence-corrected chi connectivity index (χ0v) is 11.2. The molecule has 0 bridgehead atoms. The average Bonchev–Trinajstić information content (AvgIpc) is 2.46. The van der Waals surface area contributed by atoms with Gasteiger partial charge in [0.15, 0.2) is 11.5 Å². The first kappa shape index (κ1) is 12.7. The second-order valence-electron chi connectivity index (χ2n) is 4.36. The Balaban J connectivity index is 2.47. The van der Waals surface area contributed by atoms with Crippen molar-refractivity contribution in [1.29, 1.82) is 0 Å². The zero-order valence-electron chi connectivity index (χ0n) is 10.4. The number of carbonyl (C=O) groups excluding carboxylic acids is 2. The molecule has 1 aliphatic carbocycles. The number of halogens is 1. The zero-order chi connectivity index (χ0) is 14.4. The lowest BCUT2D eigenvalue weighted by atomic mass is 9.89. The molecule has 0 saturated heterocycles. The minimum Gasteiger partial charge on any atom is -0.506 e. The van der Waals surface area contributed by atoms with Crippen molar-refractivity contribution in [3.63, 3.8) is 0 Å². The number of methoxy groups -OCH3 is 1. The van der Waals surface area contributed by atoms with E-state index in [1.165, 1.54) is 7.11 Å². The fraction of sp³-hybridized carbons (Fsp3) is 0.0667. The molecule has 3 rings (SSSR count). The molecule has 0 radical (unpaired) electrons. The number of aromatic hydroxyl groups is 1. The molecule has 1 aliphatic rings. The van der Waals surface area contributed by atoms with Crippen LogP contribution in [0.4, 0.5) is 0 Å². The highest BCUT2D eigenvalue weighted by atomic mass is 35.5. The van der Waals surface area contributed by atoms with Crippen LogP contribution < -0.4 is 0 Å². The molecule has 100 valence electrons.